The third-order valence-corrected chi connectivity index (χ3v) is 6.63. The first-order valence-corrected chi connectivity index (χ1v) is 13.8. The van der Waals surface area contributed by atoms with Gasteiger partial charge >= 0.3 is 6.80 Å². The molecular weight excluding hydrogens is 381 g/mol. The Morgan fingerprint density at radius 2 is 1.41 bits per heavy atom. The summed E-state index contributed by atoms with van der Waals surface area (Å²) >= 11 is 0.571. The number of allylic oxidation sites excluding steroid dienone is 2. The molecule has 0 aliphatic carbocycles. The average molecular weight is 422 g/mol. The van der Waals surface area contributed by atoms with E-state index in [1.54, 1.807) is 0 Å². The molecule has 0 aliphatic heterocycles. The van der Waals surface area contributed by atoms with Crippen LogP contribution < -0.4 is 5.32 Å². The summed E-state index contributed by atoms with van der Waals surface area (Å²) < 4.78 is 10.6. The maximum atomic E-state index is 11.6. The van der Waals surface area contributed by atoms with Gasteiger partial charge in [0.15, 0.2) is 0 Å². The molecule has 0 unspecified atom stereocenters. The Balaban J connectivity index is 3.27. The van der Waals surface area contributed by atoms with Crippen molar-refractivity contribution in [2.24, 2.45) is 0 Å². The van der Waals surface area contributed by atoms with Gasteiger partial charge in [0.2, 0.25) is 5.91 Å². The Bertz CT molecular complexity index is 426. The summed E-state index contributed by atoms with van der Waals surface area (Å²) in [5.41, 5.74) is 0. The van der Waals surface area contributed by atoms with E-state index in [9.17, 15) is 9.36 Å². The molecule has 0 aromatic rings. The highest BCUT2D eigenvalue weighted by Gasteiger charge is 2.12. The third kappa shape index (κ3) is 23.7. The summed E-state index contributed by atoms with van der Waals surface area (Å²) in [5.74, 6) is 0.210. The molecule has 3 N–H and O–H groups in total. The molecule has 0 bridgehead atoms. The number of rotatable bonds is 19. The van der Waals surface area contributed by atoms with Crippen molar-refractivity contribution in [2.45, 2.75) is 96.8 Å². The highest BCUT2D eigenvalue weighted by molar-refractivity contribution is 8.54. The summed E-state index contributed by atoms with van der Waals surface area (Å²) in [6.45, 7) is -1.46. The molecule has 0 spiro atoms. The van der Waals surface area contributed by atoms with Crippen LogP contribution in [0.4, 0.5) is 0 Å². The van der Waals surface area contributed by atoms with E-state index in [0.29, 0.717) is 24.3 Å². The maximum Gasteiger partial charge on any atom is 0.384 e. The van der Waals surface area contributed by atoms with Crippen LogP contribution in [-0.2, 0) is 9.36 Å². The molecule has 0 aliphatic rings. The first kappa shape index (κ1) is 26.7. The zero-order chi connectivity index (χ0) is 20.2. The second-order valence-electron chi connectivity index (χ2n) is 7.01. The van der Waals surface area contributed by atoms with Crippen LogP contribution in [-0.4, -0.2) is 28.0 Å². The first-order valence-electron chi connectivity index (χ1n) is 10.6. The van der Waals surface area contributed by atoms with Crippen molar-refractivity contribution >= 4 is 24.1 Å². The quantitative estimate of drug-likeness (QED) is 0.136. The van der Waals surface area contributed by atoms with E-state index in [1.165, 1.54) is 57.8 Å². The monoisotopic (exact) mass is 421 g/mol. The lowest BCUT2D eigenvalue weighted by atomic mass is 10.1. The minimum absolute atomic E-state index is 0.0288. The minimum atomic E-state index is -4.02. The number of carbonyl (C=O) groups is 1. The van der Waals surface area contributed by atoms with Crippen LogP contribution in [0.15, 0.2) is 12.2 Å². The number of unbranched alkanes of at least 4 members (excludes halogenated alkanes) is 11. The van der Waals surface area contributed by atoms with Gasteiger partial charge in [-0.05, 0) is 43.5 Å². The van der Waals surface area contributed by atoms with Crippen molar-refractivity contribution in [3.05, 3.63) is 12.2 Å². The highest BCUT2D eigenvalue weighted by atomic mass is 32.7. The van der Waals surface area contributed by atoms with Gasteiger partial charge in [-0.3, -0.25) is 4.79 Å². The first-order chi connectivity index (χ1) is 13.0. The van der Waals surface area contributed by atoms with E-state index < -0.39 is 6.80 Å². The van der Waals surface area contributed by atoms with Crippen molar-refractivity contribution in [2.75, 3.05) is 12.3 Å². The summed E-state index contributed by atoms with van der Waals surface area (Å²) in [6.07, 6.45) is 21.2. The lowest BCUT2D eigenvalue weighted by Gasteiger charge is -2.06. The molecule has 7 heteroatoms. The second kappa shape index (κ2) is 19.0. The molecule has 0 rings (SSSR count). The summed E-state index contributed by atoms with van der Waals surface area (Å²) in [4.78, 5) is 29.0. The average Bonchev–Trinajstić information content (AvgIpc) is 2.61. The van der Waals surface area contributed by atoms with Gasteiger partial charge in [0.25, 0.3) is 0 Å². The standard InChI is InChI=1S/C20H40NO4PS/c1-2-3-4-5-6-7-8-9-10-11-12-13-14-15-16-17-20(22)21-18-19-27-26(23,24)25/h9-10H,2-8,11-19H2,1H3,(H,21,22)(H2,23,24,25)/b10-9-. The van der Waals surface area contributed by atoms with Gasteiger partial charge in [-0.15, -0.1) is 0 Å². The van der Waals surface area contributed by atoms with Gasteiger partial charge in [0, 0.05) is 18.7 Å². The smallest absolute Gasteiger partial charge is 0.355 e. The van der Waals surface area contributed by atoms with Crippen LogP contribution in [0, 0.1) is 0 Å². The lowest BCUT2D eigenvalue weighted by Crippen LogP contribution is -2.25. The van der Waals surface area contributed by atoms with Crippen molar-refractivity contribution in [3.8, 4) is 0 Å². The second-order valence-corrected chi connectivity index (χ2v) is 10.9. The third-order valence-electron chi connectivity index (χ3n) is 4.35. The number of amides is 1. The van der Waals surface area contributed by atoms with Crippen LogP contribution in [0.25, 0.3) is 0 Å². The fourth-order valence-electron chi connectivity index (χ4n) is 2.80. The van der Waals surface area contributed by atoms with Gasteiger partial charge < -0.3 is 15.1 Å². The predicted octanol–water partition coefficient (Wildman–Crippen LogP) is 5.97. The van der Waals surface area contributed by atoms with Crippen LogP contribution in [0.3, 0.4) is 0 Å². The Morgan fingerprint density at radius 3 is 1.96 bits per heavy atom. The number of nitrogens with one attached hydrogen (secondary N) is 1. The van der Waals surface area contributed by atoms with Gasteiger partial charge in [-0.1, -0.05) is 70.4 Å². The molecule has 0 aromatic carbocycles. The van der Waals surface area contributed by atoms with E-state index in [-0.39, 0.29) is 11.7 Å². The minimum Gasteiger partial charge on any atom is -0.355 e. The molecule has 0 saturated carbocycles. The lowest BCUT2D eigenvalue weighted by molar-refractivity contribution is -0.121. The van der Waals surface area contributed by atoms with E-state index in [1.807, 2.05) is 0 Å². The maximum absolute atomic E-state index is 11.6. The van der Waals surface area contributed by atoms with Gasteiger partial charge in [-0.2, -0.15) is 0 Å². The zero-order valence-corrected chi connectivity index (χ0v) is 18.7. The number of carbonyl (C=O) groups excluding carboxylic acids is 1. The van der Waals surface area contributed by atoms with Crippen LogP contribution in [0.5, 0.6) is 0 Å². The topological polar surface area (TPSA) is 86.6 Å². The molecule has 0 fully saturated rings. The summed E-state index contributed by atoms with van der Waals surface area (Å²) in [7, 11) is 0. The molecule has 27 heavy (non-hydrogen) atoms. The van der Waals surface area contributed by atoms with Gasteiger partial charge in [0.1, 0.15) is 0 Å². The Hall–Kier alpha value is -0.290. The molecule has 0 atom stereocenters. The Kier molecular flexibility index (Phi) is 18.8. The fourth-order valence-corrected chi connectivity index (χ4v) is 4.22. The molecule has 5 nitrogen and oxygen atoms in total. The molecule has 160 valence electrons. The van der Waals surface area contributed by atoms with Crippen molar-refractivity contribution < 1.29 is 19.1 Å². The van der Waals surface area contributed by atoms with E-state index in [0.717, 1.165) is 25.7 Å². The Labute approximate surface area is 170 Å². The SMILES string of the molecule is CCCCCCCC/C=C\CCCCCCCC(=O)NCCSP(=O)(O)O. The summed E-state index contributed by atoms with van der Waals surface area (Å²) in [6, 6.07) is 0. The van der Waals surface area contributed by atoms with E-state index in [2.05, 4.69) is 24.4 Å². The zero-order valence-electron chi connectivity index (χ0n) is 17.0. The molecule has 0 aromatic heterocycles. The van der Waals surface area contributed by atoms with Crippen LogP contribution >= 0.6 is 18.2 Å². The number of hydrogen-bond donors (Lipinski definition) is 3. The molecule has 0 heterocycles. The molecular formula is C20H40NO4PS. The Morgan fingerprint density at radius 1 is 0.889 bits per heavy atom. The summed E-state index contributed by atoms with van der Waals surface area (Å²) in [5, 5.41) is 2.69. The highest BCUT2D eigenvalue weighted by Crippen LogP contribution is 2.49. The van der Waals surface area contributed by atoms with E-state index >= 15 is 0 Å². The van der Waals surface area contributed by atoms with Gasteiger partial charge in [0.05, 0.1) is 0 Å². The van der Waals surface area contributed by atoms with Crippen molar-refractivity contribution in [1.82, 2.24) is 5.32 Å². The largest absolute Gasteiger partial charge is 0.384 e. The predicted molar refractivity (Wildman–Crippen MR) is 117 cm³/mol. The van der Waals surface area contributed by atoms with Gasteiger partial charge in [-0.25, -0.2) is 4.57 Å². The molecule has 0 saturated heterocycles. The normalized spacial score (nSPS) is 12.0. The molecule has 0 radical (unpaired) electrons. The van der Waals surface area contributed by atoms with Crippen molar-refractivity contribution in [3.63, 3.8) is 0 Å². The van der Waals surface area contributed by atoms with Crippen LogP contribution in [0.2, 0.25) is 0 Å². The molecule has 1 amide bonds. The fraction of sp³-hybridized carbons (Fsp3) is 0.850. The van der Waals surface area contributed by atoms with Crippen molar-refractivity contribution in [1.29, 1.82) is 0 Å². The van der Waals surface area contributed by atoms with E-state index in [4.69, 9.17) is 9.79 Å². The van der Waals surface area contributed by atoms with Crippen LogP contribution in [0.1, 0.15) is 96.8 Å². The number of hydrogen-bond acceptors (Lipinski definition) is 3.